The maximum Gasteiger partial charge on any atom is 0.337 e. The van der Waals surface area contributed by atoms with E-state index in [9.17, 15) is 14.4 Å². The fourth-order valence-electron chi connectivity index (χ4n) is 3.15. The normalized spacial score (nSPS) is 15.8. The molecule has 2 heterocycles. The number of fused-ring (bicyclic) bond motifs is 1. The van der Waals surface area contributed by atoms with Gasteiger partial charge in [-0.1, -0.05) is 42.5 Å². The quantitative estimate of drug-likeness (QED) is 0.575. The summed E-state index contributed by atoms with van der Waals surface area (Å²) in [6.07, 6.45) is 1.48. The lowest BCUT2D eigenvalue weighted by Gasteiger charge is -2.28. The highest BCUT2D eigenvalue weighted by Crippen LogP contribution is 2.39. The van der Waals surface area contributed by atoms with Gasteiger partial charge >= 0.3 is 11.7 Å². The molecule has 0 radical (unpaired) electrons. The van der Waals surface area contributed by atoms with E-state index >= 15 is 0 Å². The number of ether oxygens (including phenoxy) is 1. The largest absolute Gasteiger partial charge is 0.458 e. The zero-order valence-corrected chi connectivity index (χ0v) is 14.5. The Labute approximate surface area is 149 Å². The highest BCUT2D eigenvalue weighted by Gasteiger charge is 2.35. The Kier molecular flexibility index (Phi) is 4.62. The average molecular weight is 353 g/mol. The second kappa shape index (κ2) is 6.87. The summed E-state index contributed by atoms with van der Waals surface area (Å²) < 4.78 is 5.22. The molecule has 0 aliphatic carbocycles. The highest BCUT2D eigenvalue weighted by atomic mass is 16.5. The molecule has 26 heavy (non-hydrogen) atoms. The van der Waals surface area contributed by atoms with Crippen molar-refractivity contribution in [2.45, 2.75) is 19.8 Å². The molecule has 1 aromatic heterocycles. The number of nitrogens with one attached hydrogen (secondary N) is 3. The maximum atomic E-state index is 12.7. The van der Waals surface area contributed by atoms with Gasteiger partial charge in [0.25, 0.3) is 5.56 Å². The summed E-state index contributed by atoms with van der Waals surface area (Å²) in [6, 6.07) is 7.52. The lowest BCUT2D eigenvalue weighted by molar-refractivity contribution is -0.138. The van der Waals surface area contributed by atoms with Crippen LogP contribution in [0.4, 0.5) is 5.82 Å². The summed E-state index contributed by atoms with van der Waals surface area (Å²) in [7, 11) is 0. The minimum Gasteiger partial charge on any atom is -0.458 e. The first kappa shape index (κ1) is 17.5. The summed E-state index contributed by atoms with van der Waals surface area (Å²) in [5.41, 5.74) is 1.68. The molecule has 1 aliphatic heterocycles. The van der Waals surface area contributed by atoms with Crippen molar-refractivity contribution in [1.82, 2.24) is 9.97 Å². The van der Waals surface area contributed by atoms with E-state index in [2.05, 4.69) is 21.9 Å². The van der Waals surface area contributed by atoms with E-state index in [1.54, 1.807) is 6.92 Å². The molecule has 3 rings (SSSR count). The average Bonchev–Trinajstić information content (AvgIpc) is 2.58. The molecule has 0 saturated carbocycles. The summed E-state index contributed by atoms with van der Waals surface area (Å²) in [4.78, 5) is 41.7. The molecule has 0 fully saturated rings. The molecule has 1 aromatic carbocycles. The molecule has 7 nitrogen and oxygen atoms in total. The van der Waals surface area contributed by atoms with Gasteiger partial charge in [-0.25, -0.2) is 9.59 Å². The van der Waals surface area contributed by atoms with Crippen LogP contribution in [0.3, 0.4) is 0 Å². The minimum absolute atomic E-state index is 0.0605. The Morgan fingerprint density at radius 1 is 1.27 bits per heavy atom. The van der Waals surface area contributed by atoms with Crippen molar-refractivity contribution in [2.24, 2.45) is 0 Å². The number of anilines is 1. The zero-order chi connectivity index (χ0) is 18.8. The topological polar surface area (TPSA) is 104 Å². The zero-order valence-electron chi connectivity index (χ0n) is 14.5. The van der Waals surface area contributed by atoms with Crippen LogP contribution in [0.2, 0.25) is 0 Å². The van der Waals surface area contributed by atoms with Gasteiger partial charge in [0, 0.05) is 5.70 Å². The molecule has 0 saturated heterocycles. The van der Waals surface area contributed by atoms with Crippen LogP contribution in [0.1, 0.15) is 29.5 Å². The fourth-order valence-corrected chi connectivity index (χ4v) is 3.15. The third-order valence-corrected chi connectivity index (χ3v) is 4.20. The van der Waals surface area contributed by atoms with Crippen molar-refractivity contribution in [3.63, 3.8) is 0 Å². The van der Waals surface area contributed by atoms with Crippen LogP contribution in [0, 0.1) is 6.92 Å². The number of aromatic nitrogens is 2. The Hall–Kier alpha value is -3.35. The summed E-state index contributed by atoms with van der Waals surface area (Å²) in [5.74, 6) is -0.926. The Morgan fingerprint density at radius 3 is 2.73 bits per heavy atom. The monoisotopic (exact) mass is 353 g/mol. The first-order valence-corrected chi connectivity index (χ1v) is 8.11. The van der Waals surface area contributed by atoms with Crippen LogP contribution < -0.4 is 16.6 Å². The van der Waals surface area contributed by atoms with E-state index in [0.717, 1.165) is 11.1 Å². The molecule has 0 bridgehead atoms. The molecule has 134 valence electrons. The Balaban J connectivity index is 2.25. The third-order valence-electron chi connectivity index (χ3n) is 4.20. The smallest absolute Gasteiger partial charge is 0.337 e. The molecular formula is C19H19N3O4. The van der Waals surface area contributed by atoms with Gasteiger partial charge in [-0.05, 0) is 19.4 Å². The van der Waals surface area contributed by atoms with Crippen LogP contribution in [0.25, 0.3) is 0 Å². The standard InChI is InChI=1S/C19H19N3O4/c1-4-8-26-18(24)13-11(3)20-16-15(17(23)22-19(25)21-16)14(13)12-7-5-6-10(2)9-12/h4-7,9,14H,1,8H2,2-3H3,(H3,20,21,22,23,25)/t14-/m1/s1. The first-order chi connectivity index (χ1) is 12.4. The van der Waals surface area contributed by atoms with Crippen LogP contribution >= 0.6 is 0 Å². The van der Waals surface area contributed by atoms with Crippen LogP contribution in [0.5, 0.6) is 0 Å². The van der Waals surface area contributed by atoms with Gasteiger partial charge in [-0.2, -0.15) is 0 Å². The number of allylic oxidation sites excluding steroid dienone is 1. The Bertz CT molecular complexity index is 1030. The number of hydrogen-bond donors (Lipinski definition) is 3. The number of carbonyl (C=O) groups excluding carboxylic acids is 1. The predicted molar refractivity (Wildman–Crippen MR) is 98.2 cm³/mol. The van der Waals surface area contributed by atoms with Crippen molar-refractivity contribution >= 4 is 11.8 Å². The molecule has 0 amide bonds. The number of esters is 1. The van der Waals surface area contributed by atoms with E-state index < -0.39 is 23.1 Å². The predicted octanol–water partition coefficient (Wildman–Crippen LogP) is 1.93. The minimum atomic E-state index is -0.663. The van der Waals surface area contributed by atoms with Gasteiger partial charge in [0.1, 0.15) is 12.4 Å². The molecule has 3 N–H and O–H groups in total. The van der Waals surface area contributed by atoms with E-state index in [0.29, 0.717) is 11.3 Å². The maximum absolute atomic E-state index is 12.7. The number of carbonyl (C=O) groups is 1. The van der Waals surface area contributed by atoms with Crippen molar-refractivity contribution in [3.05, 3.63) is 85.7 Å². The van der Waals surface area contributed by atoms with Gasteiger partial charge in [0.15, 0.2) is 0 Å². The van der Waals surface area contributed by atoms with E-state index in [-0.39, 0.29) is 18.0 Å². The first-order valence-electron chi connectivity index (χ1n) is 8.11. The lowest BCUT2D eigenvalue weighted by Crippen LogP contribution is -2.35. The van der Waals surface area contributed by atoms with Gasteiger partial charge in [-0.3, -0.25) is 14.8 Å². The molecule has 1 atom stereocenters. The second-order valence-corrected chi connectivity index (χ2v) is 6.09. The Morgan fingerprint density at radius 2 is 2.04 bits per heavy atom. The van der Waals surface area contributed by atoms with Crippen molar-refractivity contribution < 1.29 is 9.53 Å². The number of aryl methyl sites for hydroxylation is 1. The van der Waals surface area contributed by atoms with E-state index in [1.807, 2.05) is 31.2 Å². The molecule has 2 aromatic rings. The second-order valence-electron chi connectivity index (χ2n) is 6.09. The lowest BCUT2D eigenvalue weighted by atomic mass is 9.82. The van der Waals surface area contributed by atoms with Gasteiger partial charge < -0.3 is 10.1 Å². The molecule has 1 aliphatic rings. The third kappa shape index (κ3) is 3.11. The molecular weight excluding hydrogens is 334 g/mol. The molecule has 7 heteroatoms. The van der Waals surface area contributed by atoms with Gasteiger partial charge in [0.05, 0.1) is 17.1 Å². The van der Waals surface area contributed by atoms with Crippen molar-refractivity contribution in [2.75, 3.05) is 11.9 Å². The van der Waals surface area contributed by atoms with Crippen molar-refractivity contribution in [1.29, 1.82) is 0 Å². The van der Waals surface area contributed by atoms with Gasteiger partial charge in [-0.15, -0.1) is 0 Å². The summed E-state index contributed by atoms with van der Waals surface area (Å²) in [5, 5.41) is 2.94. The molecule has 0 unspecified atom stereocenters. The fraction of sp³-hybridized carbons (Fsp3) is 0.211. The number of hydrogen-bond acceptors (Lipinski definition) is 5. The SMILES string of the molecule is C=CCOC(=O)C1=C(C)Nc2[nH]c(=O)[nH]c(=O)c2[C@@H]1c1cccc(C)c1. The number of rotatable bonds is 4. The van der Waals surface area contributed by atoms with Crippen LogP contribution in [-0.4, -0.2) is 22.5 Å². The number of aromatic amines is 2. The summed E-state index contributed by atoms with van der Waals surface area (Å²) >= 11 is 0. The number of benzene rings is 1. The number of H-pyrrole nitrogens is 2. The van der Waals surface area contributed by atoms with Crippen LogP contribution in [0.15, 0.2) is 57.8 Å². The summed E-state index contributed by atoms with van der Waals surface area (Å²) in [6.45, 7) is 7.23. The van der Waals surface area contributed by atoms with Crippen molar-refractivity contribution in [3.8, 4) is 0 Å². The van der Waals surface area contributed by atoms with Crippen LogP contribution in [-0.2, 0) is 9.53 Å². The van der Waals surface area contributed by atoms with E-state index in [4.69, 9.17) is 4.74 Å². The highest BCUT2D eigenvalue weighted by molar-refractivity contribution is 5.94. The molecule has 0 spiro atoms. The van der Waals surface area contributed by atoms with E-state index in [1.165, 1.54) is 6.08 Å². The van der Waals surface area contributed by atoms with Gasteiger partial charge in [0.2, 0.25) is 0 Å².